The van der Waals surface area contributed by atoms with Crippen molar-refractivity contribution >= 4 is 5.96 Å². The number of ether oxygens (including phenoxy) is 1. The fraction of sp³-hybridized carbons (Fsp3) is 0.923. The Morgan fingerprint density at radius 2 is 2.00 bits per heavy atom. The van der Waals surface area contributed by atoms with Gasteiger partial charge in [0.15, 0.2) is 5.96 Å². The first-order valence-corrected chi connectivity index (χ1v) is 6.72. The van der Waals surface area contributed by atoms with Gasteiger partial charge in [-0.15, -0.1) is 0 Å². The van der Waals surface area contributed by atoms with Crippen LogP contribution in [0.2, 0.25) is 0 Å². The quantitative estimate of drug-likeness (QED) is 0.423. The molecule has 4 heteroatoms. The van der Waals surface area contributed by atoms with Gasteiger partial charge >= 0.3 is 0 Å². The van der Waals surface area contributed by atoms with Crippen molar-refractivity contribution < 1.29 is 4.74 Å². The lowest BCUT2D eigenvalue weighted by atomic mass is 9.89. The van der Waals surface area contributed by atoms with Gasteiger partial charge in [0.05, 0.1) is 6.61 Å². The van der Waals surface area contributed by atoms with E-state index in [1.807, 2.05) is 14.0 Å². The van der Waals surface area contributed by atoms with Crippen LogP contribution < -0.4 is 10.6 Å². The molecule has 1 aliphatic carbocycles. The Bertz CT molecular complexity index is 235. The fourth-order valence-corrected chi connectivity index (χ4v) is 2.31. The maximum absolute atomic E-state index is 5.28. The van der Waals surface area contributed by atoms with Gasteiger partial charge in [-0.05, 0) is 25.2 Å². The topological polar surface area (TPSA) is 45.6 Å². The second kappa shape index (κ2) is 7.54. The minimum absolute atomic E-state index is 0.456. The Balaban J connectivity index is 2.18. The van der Waals surface area contributed by atoms with Gasteiger partial charge in [-0.25, -0.2) is 0 Å². The number of hydrogen-bond acceptors (Lipinski definition) is 2. The summed E-state index contributed by atoms with van der Waals surface area (Å²) in [4.78, 5) is 4.22. The second-order valence-corrected chi connectivity index (χ2v) is 5.07. The van der Waals surface area contributed by atoms with Crippen LogP contribution in [0.25, 0.3) is 0 Å². The van der Waals surface area contributed by atoms with E-state index < -0.39 is 0 Å². The van der Waals surface area contributed by atoms with Crippen molar-refractivity contribution in [2.24, 2.45) is 10.4 Å². The number of rotatable bonds is 6. The van der Waals surface area contributed by atoms with Gasteiger partial charge in [0.1, 0.15) is 0 Å². The van der Waals surface area contributed by atoms with Crippen LogP contribution in [0.3, 0.4) is 0 Å². The van der Waals surface area contributed by atoms with E-state index in [0.29, 0.717) is 5.41 Å². The Hall–Kier alpha value is -0.770. The second-order valence-electron chi connectivity index (χ2n) is 5.07. The van der Waals surface area contributed by atoms with Crippen LogP contribution in [0.5, 0.6) is 0 Å². The highest BCUT2D eigenvalue weighted by molar-refractivity contribution is 5.79. The smallest absolute Gasteiger partial charge is 0.191 e. The molecule has 1 aliphatic rings. The summed E-state index contributed by atoms with van der Waals surface area (Å²) >= 11 is 0. The maximum Gasteiger partial charge on any atom is 0.191 e. The van der Waals surface area contributed by atoms with Crippen molar-refractivity contribution in [2.45, 2.75) is 39.5 Å². The standard InChI is InChI=1S/C13H27N3O/c1-4-17-10-9-15-12(14-3)16-11-13(2)7-5-6-8-13/h4-11H2,1-3H3,(H2,14,15,16). The highest BCUT2D eigenvalue weighted by Crippen LogP contribution is 2.36. The van der Waals surface area contributed by atoms with Crippen molar-refractivity contribution in [3.05, 3.63) is 0 Å². The van der Waals surface area contributed by atoms with Crippen molar-refractivity contribution in [1.29, 1.82) is 0 Å². The molecule has 4 nitrogen and oxygen atoms in total. The van der Waals surface area contributed by atoms with E-state index in [2.05, 4.69) is 22.5 Å². The average molecular weight is 241 g/mol. The Kier molecular flexibility index (Phi) is 6.34. The van der Waals surface area contributed by atoms with Crippen molar-refractivity contribution in [2.75, 3.05) is 33.4 Å². The SMILES string of the molecule is CCOCCNC(=NC)NCC1(C)CCCC1. The van der Waals surface area contributed by atoms with Crippen molar-refractivity contribution in [3.63, 3.8) is 0 Å². The normalized spacial score (nSPS) is 19.4. The van der Waals surface area contributed by atoms with Crippen LogP contribution in [0.4, 0.5) is 0 Å². The zero-order valence-electron chi connectivity index (χ0n) is 11.5. The highest BCUT2D eigenvalue weighted by atomic mass is 16.5. The van der Waals surface area contributed by atoms with Crippen LogP contribution >= 0.6 is 0 Å². The molecular formula is C13H27N3O. The third-order valence-electron chi connectivity index (χ3n) is 3.46. The molecule has 100 valence electrons. The van der Waals surface area contributed by atoms with Gasteiger partial charge in [0, 0.05) is 26.7 Å². The number of aliphatic imine (C=N–C) groups is 1. The molecule has 0 spiro atoms. The van der Waals surface area contributed by atoms with Gasteiger partial charge in [0.25, 0.3) is 0 Å². The van der Waals surface area contributed by atoms with E-state index in [-0.39, 0.29) is 0 Å². The third kappa shape index (κ3) is 5.39. The summed E-state index contributed by atoms with van der Waals surface area (Å²) in [5.74, 6) is 0.887. The van der Waals surface area contributed by atoms with E-state index in [1.165, 1.54) is 25.7 Å². The number of hydrogen-bond donors (Lipinski definition) is 2. The van der Waals surface area contributed by atoms with Crippen LogP contribution in [-0.4, -0.2) is 39.3 Å². The lowest BCUT2D eigenvalue weighted by molar-refractivity contribution is 0.152. The first-order valence-electron chi connectivity index (χ1n) is 6.72. The monoisotopic (exact) mass is 241 g/mol. The van der Waals surface area contributed by atoms with Gasteiger partial charge in [0.2, 0.25) is 0 Å². The molecule has 0 aromatic carbocycles. The van der Waals surface area contributed by atoms with E-state index in [1.54, 1.807) is 0 Å². The lowest BCUT2D eigenvalue weighted by Crippen LogP contribution is -2.43. The minimum Gasteiger partial charge on any atom is -0.380 e. The average Bonchev–Trinajstić information content (AvgIpc) is 2.76. The number of nitrogens with zero attached hydrogens (tertiary/aromatic N) is 1. The predicted molar refractivity (Wildman–Crippen MR) is 72.4 cm³/mol. The molecule has 0 aromatic rings. The molecule has 0 aromatic heterocycles. The summed E-state index contributed by atoms with van der Waals surface area (Å²) in [5, 5.41) is 6.67. The highest BCUT2D eigenvalue weighted by Gasteiger charge is 2.28. The molecule has 1 saturated carbocycles. The summed E-state index contributed by atoms with van der Waals surface area (Å²) in [6.45, 7) is 7.69. The first kappa shape index (κ1) is 14.3. The van der Waals surface area contributed by atoms with Crippen molar-refractivity contribution in [3.8, 4) is 0 Å². The van der Waals surface area contributed by atoms with Gasteiger partial charge in [-0.1, -0.05) is 19.8 Å². The maximum atomic E-state index is 5.28. The molecular weight excluding hydrogens is 214 g/mol. The van der Waals surface area contributed by atoms with E-state index >= 15 is 0 Å². The largest absolute Gasteiger partial charge is 0.380 e. The van der Waals surface area contributed by atoms with Gasteiger partial charge in [-0.2, -0.15) is 0 Å². The molecule has 0 heterocycles. The zero-order valence-corrected chi connectivity index (χ0v) is 11.5. The molecule has 1 fully saturated rings. The molecule has 0 bridgehead atoms. The molecule has 0 amide bonds. The summed E-state index contributed by atoms with van der Waals surface area (Å²) in [6.07, 6.45) is 5.40. The number of nitrogens with one attached hydrogen (secondary N) is 2. The van der Waals surface area contributed by atoms with E-state index in [0.717, 1.165) is 32.3 Å². The van der Waals surface area contributed by atoms with Gasteiger partial charge in [-0.3, -0.25) is 4.99 Å². The summed E-state index contributed by atoms with van der Waals surface area (Å²) in [5.41, 5.74) is 0.456. The molecule has 0 atom stereocenters. The molecule has 1 rings (SSSR count). The molecule has 0 radical (unpaired) electrons. The Labute approximate surface area is 105 Å². The van der Waals surface area contributed by atoms with Crippen LogP contribution in [0.15, 0.2) is 4.99 Å². The first-order chi connectivity index (χ1) is 8.20. The van der Waals surface area contributed by atoms with Gasteiger partial charge < -0.3 is 15.4 Å². The molecule has 2 N–H and O–H groups in total. The molecule has 0 unspecified atom stereocenters. The Morgan fingerprint density at radius 3 is 2.59 bits per heavy atom. The van der Waals surface area contributed by atoms with Crippen molar-refractivity contribution in [1.82, 2.24) is 10.6 Å². The van der Waals surface area contributed by atoms with E-state index in [4.69, 9.17) is 4.74 Å². The lowest BCUT2D eigenvalue weighted by Gasteiger charge is -2.25. The van der Waals surface area contributed by atoms with E-state index in [9.17, 15) is 0 Å². The van der Waals surface area contributed by atoms with Crippen LogP contribution in [-0.2, 0) is 4.74 Å². The summed E-state index contributed by atoms with van der Waals surface area (Å²) in [7, 11) is 1.81. The van der Waals surface area contributed by atoms with Crippen LogP contribution in [0, 0.1) is 5.41 Å². The molecule has 17 heavy (non-hydrogen) atoms. The fourth-order valence-electron chi connectivity index (χ4n) is 2.31. The number of guanidine groups is 1. The molecule has 0 aliphatic heterocycles. The summed E-state index contributed by atoms with van der Waals surface area (Å²) < 4.78 is 5.28. The molecule has 0 saturated heterocycles. The third-order valence-corrected chi connectivity index (χ3v) is 3.46. The zero-order chi connectivity index (χ0) is 12.6. The summed E-state index contributed by atoms with van der Waals surface area (Å²) in [6, 6.07) is 0. The van der Waals surface area contributed by atoms with Crippen LogP contribution in [0.1, 0.15) is 39.5 Å². The predicted octanol–water partition coefficient (Wildman–Crippen LogP) is 1.77. The minimum atomic E-state index is 0.456. The Morgan fingerprint density at radius 1 is 1.29 bits per heavy atom.